The molecular weight excluding hydrogens is 200 g/mol. The van der Waals surface area contributed by atoms with E-state index in [4.69, 9.17) is 12.2 Å². The summed E-state index contributed by atoms with van der Waals surface area (Å²) in [5.74, 6) is 0. The van der Waals surface area contributed by atoms with Gasteiger partial charge in [0.05, 0.1) is 0 Å². The molecule has 1 rings (SSSR count). The third kappa shape index (κ3) is 3.74. The molecule has 72 valence electrons. The summed E-state index contributed by atoms with van der Waals surface area (Å²) in [6, 6.07) is 4.60. The van der Waals surface area contributed by atoms with Gasteiger partial charge in [-0.25, -0.2) is 0 Å². The van der Waals surface area contributed by atoms with Crippen LogP contribution in [0, 0.1) is 0 Å². The van der Waals surface area contributed by atoms with E-state index in [1.54, 1.807) is 11.3 Å². The predicted molar refractivity (Wildman–Crippen MR) is 62.3 cm³/mol. The first kappa shape index (κ1) is 10.5. The molecular formula is C9H14N2S2. The van der Waals surface area contributed by atoms with Gasteiger partial charge in [0.25, 0.3) is 0 Å². The Balaban J connectivity index is 2.33. The normalized spacial score (nSPS) is 12.2. The zero-order valence-corrected chi connectivity index (χ0v) is 9.47. The molecule has 1 aromatic heterocycles. The Morgan fingerprint density at radius 3 is 3.00 bits per heavy atom. The largest absolute Gasteiger partial charge is 0.366 e. The topological polar surface area (TPSA) is 24.1 Å². The molecule has 0 amide bonds. The summed E-state index contributed by atoms with van der Waals surface area (Å²) in [5, 5.41) is 8.90. The van der Waals surface area contributed by atoms with Crippen LogP contribution in [0.4, 0.5) is 0 Å². The average Bonchev–Trinajstić information content (AvgIpc) is 2.56. The van der Waals surface area contributed by atoms with Crippen molar-refractivity contribution in [3.8, 4) is 0 Å². The van der Waals surface area contributed by atoms with E-state index in [-0.39, 0.29) is 0 Å². The molecule has 13 heavy (non-hydrogen) atoms. The first-order valence-corrected chi connectivity index (χ1v) is 5.52. The summed E-state index contributed by atoms with van der Waals surface area (Å²) in [6.45, 7) is 2.13. The summed E-state index contributed by atoms with van der Waals surface area (Å²) in [5.41, 5.74) is 0. The lowest BCUT2D eigenvalue weighted by molar-refractivity contribution is 0.661. The standard InChI is InChI=1S/C9H14N2S2/c1-7(11-9(12)10-2)6-8-4-3-5-13-8/h3-5,7H,6H2,1-2H3,(H2,10,11,12). The van der Waals surface area contributed by atoms with Crippen LogP contribution < -0.4 is 10.6 Å². The lowest BCUT2D eigenvalue weighted by Crippen LogP contribution is -2.39. The van der Waals surface area contributed by atoms with E-state index < -0.39 is 0 Å². The minimum Gasteiger partial charge on any atom is -0.366 e. The molecule has 0 fully saturated rings. The predicted octanol–water partition coefficient (Wildman–Crippen LogP) is 1.77. The van der Waals surface area contributed by atoms with Gasteiger partial charge in [0.2, 0.25) is 0 Å². The van der Waals surface area contributed by atoms with Gasteiger partial charge in [-0.05, 0) is 30.6 Å². The molecule has 0 aromatic carbocycles. The molecule has 2 nitrogen and oxygen atoms in total. The molecule has 0 aliphatic rings. The average molecular weight is 214 g/mol. The monoisotopic (exact) mass is 214 g/mol. The minimum absolute atomic E-state index is 0.388. The summed E-state index contributed by atoms with van der Waals surface area (Å²) >= 11 is 6.79. The summed E-state index contributed by atoms with van der Waals surface area (Å²) in [7, 11) is 1.83. The van der Waals surface area contributed by atoms with Gasteiger partial charge in [0.15, 0.2) is 5.11 Å². The second kappa shape index (κ2) is 5.19. The Labute approximate surface area is 88.4 Å². The van der Waals surface area contributed by atoms with Crippen molar-refractivity contribution in [2.24, 2.45) is 0 Å². The second-order valence-electron chi connectivity index (χ2n) is 2.91. The highest BCUT2D eigenvalue weighted by atomic mass is 32.1. The third-order valence-electron chi connectivity index (χ3n) is 1.69. The number of rotatable bonds is 3. The van der Waals surface area contributed by atoms with Crippen molar-refractivity contribution < 1.29 is 0 Å². The Morgan fingerprint density at radius 2 is 2.46 bits per heavy atom. The van der Waals surface area contributed by atoms with Gasteiger partial charge in [-0.15, -0.1) is 11.3 Å². The van der Waals surface area contributed by atoms with Gasteiger partial charge >= 0.3 is 0 Å². The maximum atomic E-state index is 5.01. The highest BCUT2D eigenvalue weighted by Gasteiger charge is 2.04. The van der Waals surface area contributed by atoms with Gasteiger partial charge in [0.1, 0.15) is 0 Å². The van der Waals surface area contributed by atoms with Crippen molar-refractivity contribution in [3.05, 3.63) is 22.4 Å². The van der Waals surface area contributed by atoms with Crippen LogP contribution >= 0.6 is 23.6 Å². The van der Waals surface area contributed by atoms with Crippen molar-refractivity contribution in [1.82, 2.24) is 10.6 Å². The molecule has 0 aliphatic heterocycles. The van der Waals surface area contributed by atoms with Crippen LogP contribution in [0.1, 0.15) is 11.8 Å². The molecule has 0 aliphatic carbocycles. The molecule has 0 saturated carbocycles. The molecule has 0 spiro atoms. The number of nitrogens with one attached hydrogen (secondary N) is 2. The molecule has 1 aromatic rings. The van der Waals surface area contributed by atoms with Gasteiger partial charge in [-0.2, -0.15) is 0 Å². The van der Waals surface area contributed by atoms with E-state index in [1.165, 1.54) is 4.88 Å². The van der Waals surface area contributed by atoms with E-state index in [2.05, 4.69) is 35.1 Å². The Morgan fingerprint density at radius 1 is 1.69 bits per heavy atom. The lowest BCUT2D eigenvalue weighted by atomic mass is 10.2. The molecule has 1 atom stereocenters. The van der Waals surface area contributed by atoms with Crippen LogP contribution in [-0.4, -0.2) is 18.2 Å². The van der Waals surface area contributed by atoms with Crippen molar-refractivity contribution >= 4 is 28.7 Å². The molecule has 2 N–H and O–H groups in total. The van der Waals surface area contributed by atoms with E-state index in [0.717, 1.165) is 6.42 Å². The number of thiocarbonyl (C=S) groups is 1. The zero-order chi connectivity index (χ0) is 9.68. The van der Waals surface area contributed by atoms with Crippen molar-refractivity contribution in [1.29, 1.82) is 0 Å². The SMILES string of the molecule is CNC(=S)NC(C)Cc1cccs1. The Kier molecular flexibility index (Phi) is 4.18. The van der Waals surface area contributed by atoms with Crippen LogP contribution in [0.25, 0.3) is 0 Å². The fraction of sp³-hybridized carbons (Fsp3) is 0.444. The van der Waals surface area contributed by atoms with Crippen molar-refractivity contribution in [2.45, 2.75) is 19.4 Å². The van der Waals surface area contributed by atoms with Crippen molar-refractivity contribution in [2.75, 3.05) is 7.05 Å². The minimum atomic E-state index is 0.388. The smallest absolute Gasteiger partial charge is 0.166 e. The molecule has 0 saturated heterocycles. The van der Waals surface area contributed by atoms with E-state index in [0.29, 0.717) is 11.2 Å². The van der Waals surface area contributed by atoms with Crippen LogP contribution in [0.15, 0.2) is 17.5 Å². The summed E-state index contributed by atoms with van der Waals surface area (Å²) in [4.78, 5) is 1.39. The number of hydrogen-bond acceptors (Lipinski definition) is 2. The third-order valence-corrected chi connectivity index (χ3v) is 2.91. The van der Waals surface area contributed by atoms with Gasteiger partial charge in [0, 0.05) is 24.4 Å². The van der Waals surface area contributed by atoms with E-state index >= 15 is 0 Å². The Hall–Kier alpha value is -0.610. The molecule has 0 bridgehead atoms. The van der Waals surface area contributed by atoms with E-state index in [9.17, 15) is 0 Å². The molecule has 1 heterocycles. The van der Waals surface area contributed by atoms with Crippen LogP contribution in [-0.2, 0) is 6.42 Å². The molecule has 4 heteroatoms. The fourth-order valence-corrected chi connectivity index (χ4v) is 2.11. The number of thiophene rings is 1. The lowest BCUT2D eigenvalue weighted by Gasteiger charge is -2.14. The second-order valence-corrected chi connectivity index (χ2v) is 4.35. The van der Waals surface area contributed by atoms with Crippen molar-refractivity contribution in [3.63, 3.8) is 0 Å². The maximum absolute atomic E-state index is 5.01. The quantitative estimate of drug-likeness (QED) is 0.750. The molecule has 1 unspecified atom stereocenters. The van der Waals surface area contributed by atoms with Crippen LogP contribution in [0.5, 0.6) is 0 Å². The van der Waals surface area contributed by atoms with Crippen LogP contribution in [0.2, 0.25) is 0 Å². The first-order valence-electron chi connectivity index (χ1n) is 4.23. The number of hydrogen-bond donors (Lipinski definition) is 2. The summed E-state index contributed by atoms with van der Waals surface area (Å²) < 4.78 is 0. The first-order chi connectivity index (χ1) is 6.22. The highest BCUT2D eigenvalue weighted by Crippen LogP contribution is 2.10. The van der Waals surface area contributed by atoms with Crippen LogP contribution in [0.3, 0.4) is 0 Å². The Bertz CT molecular complexity index is 257. The van der Waals surface area contributed by atoms with Gasteiger partial charge in [-0.3, -0.25) is 0 Å². The fourth-order valence-electron chi connectivity index (χ4n) is 1.08. The van der Waals surface area contributed by atoms with E-state index in [1.807, 2.05) is 7.05 Å². The maximum Gasteiger partial charge on any atom is 0.166 e. The van der Waals surface area contributed by atoms with Gasteiger partial charge < -0.3 is 10.6 Å². The van der Waals surface area contributed by atoms with Gasteiger partial charge in [-0.1, -0.05) is 6.07 Å². The molecule has 0 radical (unpaired) electrons. The summed E-state index contributed by atoms with van der Waals surface area (Å²) in [6.07, 6.45) is 1.03. The zero-order valence-electron chi connectivity index (χ0n) is 7.83. The highest BCUT2D eigenvalue weighted by molar-refractivity contribution is 7.80.